The van der Waals surface area contributed by atoms with Gasteiger partial charge in [-0.3, -0.25) is 0 Å². The van der Waals surface area contributed by atoms with E-state index in [-0.39, 0.29) is 11.9 Å². The van der Waals surface area contributed by atoms with Crippen LogP contribution in [-0.4, -0.2) is 11.5 Å². The van der Waals surface area contributed by atoms with E-state index >= 15 is 0 Å². The van der Waals surface area contributed by atoms with Crippen molar-refractivity contribution in [2.24, 2.45) is 0 Å². The van der Waals surface area contributed by atoms with E-state index in [2.05, 4.69) is 23.3 Å². The predicted molar refractivity (Wildman–Crippen MR) is 84.5 cm³/mol. The van der Waals surface area contributed by atoms with Crippen LogP contribution < -0.4 is 11.1 Å². The second kappa shape index (κ2) is 7.18. The van der Waals surface area contributed by atoms with Gasteiger partial charge in [0, 0.05) is 17.8 Å². The van der Waals surface area contributed by atoms with Gasteiger partial charge in [0.2, 0.25) is 0 Å². The molecule has 0 aliphatic rings. The number of anilines is 1. The topological polar surface area (TPSA) is 50.9 Å². The van der Waals surface area contributed by atoms with Crippen molar-refractivity contribution in [3.63, 3.8) is 0 Å². The lowest BCUT2D eigenvalue weighted by Gasteiger charge is -2.21. The van der Waals surface area contributed by atoms with Crippen molar-refractivity contribution in [1.82, 2.24) is 10.3 Å². The molecular formula is C17H22FN3. The number of benzene rings is 1. The van der Waals surface area contributed by atoms with Gasteiger partial charge in [0.15, 0.2) is 0 Å². The summed E-state index contributed by atoms with van der Waals surface area (Å²) in [5.41, 5.74) is 9.20. The van der Waals surface area contributed by atoms with Gasteiger partial charge in [-0.15, -0.1) is 0 Å². The molecule has 112 valence electrons. The van der Waals surface area contributed by atoms with E-state index in [0.29, 0.717) is 5.82 Å². The third kappa shape index (κ3) is 4.26. The smallest absolute Gasteiger partial charge is 0.128 e. The van der Waals surface area contributed by atoms with E-state index in [1.54, 1.807) is 6.20 Å². The van der Waals surface area contributed by atoms with Gasteiger partial charge >= 0.3 is 0 Å². The largest absolute Gasteiger partial charge is 0.383 e. The maximum Gasteiger partial charge on any atom is 0.128 e. The zero-order valence-corrected chi connectivity index (χ0v) is 12.6. The number of hydrogen-bond donors (Lipinski definition) is 2. The fourth-order valence-corrected chi connectivity index (χ4v) is 2.35. The van der Waals surface area contributed by atoms with Gasteiger partial charge in [0.1, 0.15) is 11.6 Å². The number of nitrogen functional groups attached to an aromatic ring is 1. The molecule has 1 aromatic heterocycles. The third-order valence-electron chi connectivity index (χ3n) is 3.46. The van der Waals surface area contributed by atoms with E-state index in [1.165, 1.54) is 12.1 Å². The highest BCUT2D eigenvalue weighted by Crippen LogP contribution is 2.23. The molecule has 3 N–H and O–H groups in total. The lowest BCUT2D eigenvalue weighted by Crippen LogP contribution is -2.25. The van der Waals surface area contributed by atoms with E-state index in [4.69, 9.17) is 5.73 Å². The molecule has 21 heavy (non-hydrogen) atoms. The number of aryl methyl sites for hydroxylation is 1. The van der Waals surface area contributed by atoms with Gasteiger partial charge in [-0.1, -0.05) is 19.1 Å². The van der Waals surface area contributed by atoms with Crippen LogP contribution in [0.5, 0.6) is 0 Å². The maximum atomic E-state index is 13.0. The molecule has 3 nitrogen and oxygen atoms in total. The minimum atomic E-state index is -0.214. The van der Waals surface area contributed by atoms with Crippen molar-refractivity contribution in [1.29, 1.82) is 0 Å². The summed E-state index contributed by atoms with van der Waals surface area (Å²) in [4.78, 5) is 4.24. The Labute approximate surface area is 125 Å². The monoisotopic (exact) mass is 287 g/mol. The first-order chi connectivity index (χ1) is 10.1. The number of nitrogens with one attached hydrogen (secondary N) is 1. The number of halogens is 1. The van der Waals surface area contributed by atoms with E-state index in [0.717, 1.165) is 36.1 Å². The second-order valence-electron chi connectivity index (χ2n) is 5.32. The summed E-state index contributed by atoms with van der Waals surface area (Å²) >= 11 is 0. The van der Waals surface area contributed by atoms with Crippen LogP contribution in [-0.2, 0) is 6.42 Å². The zero-order chi connectivity index (χ0) is 15.2. The van der Waals surface area contributed by atoms with Crippen LogP contribution in [0.25, 0.3) is 0 Å². The molecule has 1 aromatic carbocycles. The SMILES string of the molecule is CCCNC(Cc1ccc(F)cc1)c1cc(C)cnc1N. The summed E-state index contributed by atoms with van der Waals surface area (Å²) in [6.07, 6.45) is 3.57. The van der Waals surface area contributed by atoms with E-state index in [9.17, 15) is 4.39 Å². The molecule has 1 atom stereocenters. The van der Waals surface area contributed by atoms with Crippen LogP contribution in [0.3, 0.4) is 0 Å². The molecule has 0 aliphatic carbocycles. The Kier molecular flexibility index (Phi) is 5.28. The van der Waals surface area contributed by atoms with Crippen molar-refractivity contribution in [2.45, 2.75) is 32.7 Å². The van der Waals surface area contributed by atoms with Crippen LogP contribution >= 0.6 is 0 Å². The number of pyridine rings is 1. The predicted octanol–water partition coefficient (Wildman–Crippen LogP) is 3.39. The average molecular weight is 287 g/mol. The second-order valence-corrected chi connectivity index (χ2v) is 5.32. The molecule has 1 unspecified atom stereocenters. The quantitative estimate of drug-likeness (QED) is 0.856. The van der Waals surface area contributed by atoms with E-state index < -0.39 is 0 Å². The highest BCUT2D eigenvalue weighted by molar-refractivity contribution is 5.43. The molecule has 0 aliphatic heterocycles. The molecule has 0 spiro atoms. The lowest BCUT2D eigenvalue weighted by atomic mass is 9.98. The normalized spacial score (nSPS) is 12.3. The van der Waals surface area contributed by atoms with Crippen molar-refractivity contribution in [2.75, 3.05) is 12.3 Å². The van der Waals surface area contributed by atoms with Gasteiger partial charge in [0.05, 0.1) is 0 Å². The van der Waals surface area contributed by atoms with Crippen LogP contribution in [0, 0.1) is 12.7 Å². The van der Waals surface area contributed by atoms with Gasteiger partial charge in [0.25, 0.3) is 0 Å². The summed E-state index contributed by atoms with van der Waals surface area (Å²) in [6, 6.07) is 8.76. The molecule has 0 radical (unpaired) electrons. The fourth-order valence-electron chi connectivity index (χ4n) is 2.35. The van der Waals surface area contributed by atoms with Crippen LogP contribution in [0.2, 0.25) is 0 Å². The molecule has 0 saturated carbocycles. The Morgan fingerprint density at radius 1 is 1.29 bits per heavy atom. The number of aromatic nitrogens is 1. The van der Waals surface area contributed by atoms with Gasteiger partial charge in [-0.25, -0.2) is 9.37 Å². The summed E-state index contributed by atoms with van der Waals surface area (Å²) in [6.45, 7) is 5.03. The fraction of sp³-hybridized carbons (Fsp3) is 0.353. The van der Waals surface area contributed by atoms with Gasteiger partial charge in [-0.05, 0) is 55.6 Å². The highest BCUT2D eigenvalue weighted by Gasteiger charge is 2.15. The lowest BCUT2D eigenvalue weighted by molar-refractivity contribution is 0.528. The Morgan fingerprint density at radius 3 is 2.67 bits per heavy atom. The summed E-state index contributed by atoms with van der Waals surface area (Å²) in [5.74, 6) is 0.338. The molecule has 0 amide bonds. The van der Waals surface area contributed by atoms with Crippen molar-refractivity contribution >= 4 is 5.82 Å². The first-order valence-electron chi connectivity index (χ1n) is 7.30. The minimum absolute atomic E-state index is 0.0859. The van der Waals surface area contributed by atoms with Gasteiger partial charge < -0.3 is 11.1 Å². The van der Waals surface area contributed by atoms with Crippen molar-refractivity contribution < 1.29 is 4.39 Å². The van der Waals surface area contributed by atoms with Crippen LogP contribution in [0.1, 0.15) is 36.1 Å². The zero-order valence-electron chi connectivity index (χ0n) is 12.6. The Balaban J connectivity index is 2.25. The van der Waals surface area contributed by atoms with E-state index in [1.807, 2.05) is 19.1 Å². The van der Waals surface area contributed by atoms with Crippen LogP contribution in [0.15, 0.2) is 36.5 Å². The van der Waals surface area contributed by atoms with Gasteiger partial charge in [-0.2, -0.15) is 0 Å². The number of nitrogens with two attached hydrogens (primary N) is 1. The van der Waals surface area contributed by atoms with Crippen LogP contribution in [0.4, 0.5) is 10.2 Å². The minimum Gasteiger partial charge on any atom is -0.383 e. The number of hydrogen-bond acceptors (Lipinski definition) is 3. The molecule has 0 bridgehead atoms. The molecule has 0 saturated heterocycles. The first kappa shape index (κ1) is 15.4. The average Bonchev–Trinajstić information content (AvgIpc) is 2.48. The molecule has 0 fully saturated rings. The standard InChI is InChI=1S/C17H22FN3/c1-3-8-20-16(10-13-4-6-14(18)7-5-13)15-9-12(2)11-21-17(15)19/h4-7,9,11,16,20H,3,8,10H2,1-2H3,(H2,19,21). The first-order valence-corrected chi connectivity index (χ1v) is 7.30. The molecule has 1 heterocycles. The molecule has 4 heteroatoms. The molecular weight excluding hydrogens is 265 g/mol. The summed E-state index contributed by atoms with van der Waals surface area (Å²) in [7, 11) is 0. The Morgan fingerprint density at radius 2 is 2.00 bits per heavy atom. The molecule has 2 rings (SSSR count). The molecule has 2 aromatic rings. The maximum absolute atomic E-state index is 13.0. The number of rotatable bonds is 6. The third-order valence-corrected chi connectivity index (χ3v) is 3.46. The van der Waals surface area contributed by atoms with Crippen molar-refractivity contribution in [3.8, 4) is 0 Å². The Hall–Kier alpha value is -1.94. The Bertz CT molecular complexity index is 581. The highest BCUT2D eigenvalue weighted by atomic mass is 19.1. The van der Waals surface area contributed by atoms with Crippen molar-refractivity contribution in [3.05, 3.63) is 59.0 Å². The summed E-state index contributed by atoms with van der Waals surface area (Å²) < 4.78 is 13.0. The summed E-state index contributed by atoms with van der Waals surface area (Å²) in [5, 5.41) is 3.50. The number of nitrogens with zero attached hydrogens (tertiary/aromatic N) is 1.